The molecule has 0 spiro atoms. The molecule has 4 rings (SSSR count). The topological polar surface area (TPSA) is 95.0 Å². The summed E-state index contributed by atoms with van der Waals surface area (Å²) in [7, 11) is 0. The van der Waals surface area contributed by atoms with Crippen molar-refractivity contribution in [2.45, 2.75) is 20.0 Å². The summed E-state index contributed by atoms with van der Waals surface area (Å²) in [4.78, 5) is 29.2. The van der Waals surface area contributed by atoms with Crippen LogP contribution < -0.4 is 10.9 Å². The summed E-state index contributed by atoms with van der Waals surface area (Å²) < 4.78 is 8.87. The highest BCUT2D eigenvalue weighted by molar-refractivity contribution is 9.10. The lowest BCUT2D eigenvalue weighted by atomic mass is 10.1. The third-order valence-electron chi connectivity index (χ3n) is 4.50. The standard InChI is InChI=1S/C20H18BrN5O3/c1-13-2-4-14(5-3-13)11-25-12-23-18-15(20(25)28)10-24-26(18)9-8-22-19(27)16-6-7-17(21)29-16/h2-7,10,12H,8-9,11H2,1H3,(H,22,27). The second-order valence-electron chi connectivity index (χ2n) is 6.63. The summed E-state index contributed by atoms with van der Waals surface area (Å²) in [5.74, 6) is -0.0973. The quantitative estimate of drug-likeness (QED) is 0.482. The number of aryl methyl sites for hydroxylation is 1. The van der Waals surface area contributed by atoms with Crippen molar-refractivity contribution in [2.75, 3.05) is 6.54 Å². The molecule has 4 aromatic rings. The fourth-order valence-electron chi connectivity index (χ4n) is 2.96. The number of hydrogen-bond acceptors (Lipinski definition) is 5. The van der Waals surface area contributed by atoms with Gasteiger partial charge in [0, 0.05) is 6.54 Å². The van der Waals surface area contributed by atoms with E-state index >= 15 is 0 Å². The maximum absolute atomic E-state index is 12.8. The van der Waals surface area contributed by atoms with E-state index in [1.165, 1.54) is 18.1 Å². The first-order valence-electron chi connectivity index (χ1n) is 9.01. The Morgan fingerprint density at radius 2 is 2.00 bits per heavy atom. The molecule has 0 saturated carbocycles. The largest absolute Gasteiger partial charge is 0.444 e. The van der Waals surface area contributed by atoms with Gasteiger partial charge >= 0.3 is 0 Å². The number of nitrogens with one attached hydrogen (secondary N) is 1. The summed E-state index contributed by atoms with van der Waals surface area (Å²) in [5.41, 5.74) is 2.54. The maximum atomic E-state index is 12.8. The Labute approximate surface area is 174 Å². The Balaban J connectivity index is 1.46. The molecule has 0 saturated heterocycles. The second-order valence-corrected chi connectivity index (χ2v) is 7.41. The van der Waals surface area contributed by atoms with Gasteiger partial charge in [0.1, 0.15) is 11.7 Å². The van der Waals surface area contributed by atoms with Crippen LogP contribution in [0.5, 0.6) is 0 Å². The van der Waals surface area contributed by atoms with Gasteiger partial charge in [0.25, 0.3) is 11.5 Å². The van der Waals surface area contributed by atoms with Gasteiger partial charge in [-0.2, -0.15) is 5.10 Å². The minimum atomic E-state index is -0.319. The maximum Gasteiger partial charge on any atom is 0.287 e. The van der Waals surface area contributed by atoms with E-state index in [4.69, 9.17) is 4.42 Å². The van der Waals surface area contributed by atoms with E-state index in [2.05, 4.69) is 31.3 Å². The Morgan fingerprint density at radius 1 is 1.21 bits per heavy atom. The number of aromatic nitrogens is 4. The molecule has 29 heavy (non-hydrogen) atoms. The molecule has 148 valence electrons. The molecule has 0 unspecified atom stereocenters. The first-order valence-corrected chi connectivity index (χ1v) is 9.80. The van der Waals surface area contributed by atoms with Crippen LogP contribution in [0.25, 0.3) is 11.0 Å². The molecule has 3 aromatic heterocycles. The molecule has 0 aliphatic carbocycles. The molecular weight excluding hydrogens is 438 g/mol. The molecule has 1 aromatic carbocycles. The van der Waals surface area contributed by atoms with Crippen molar-refractivity contribution in [1.29, 1.82) is 0 Å². The van der Waals surface area contributed by atoms with Crippen LogP contribution in [-0.4, -0.2) is 31.8 Å². The molecule has 1 amide bonds. The molecule has 0 fully saturated rings. The van der Waals surface area contributed by atoms with Crippen LogP contribution in [-0.2, 0) is 13.1 Å². The molecule has 1 N–H and O–H groups in total. The minimum absolute atomic E-state index is 0.147. The average molecular weight is 456 g/mol. The summed E-state index contributed by atoms with van der Waals surface area (Å²) in [6.07, 6.45) is 3.05. The summed E-state index contributed by atoms with van der Waals surface area (Å²) in [6, 6.07) is 11.3. The lowest BCUT2D eigenvalue weighted by Crippen LogP contribution is -2.27. The number of hydrogen-bond donors (Lipinski definition) is 1. The smallest absolute Gasteiger partial charge is 0.287 e. The predicted molar refractivity (Wildman–Crippen MR) is 111 cm³/mol. The van der Waals surface area contributed by atoms with E-state index in [1.54, 1.807) is 21.4 Å². The molecule has 0 aliphatic rings. The highest BCUT2D eigenvalue weighted by Gasteiger charge is 2.12. The number of amides is 1. The molecule has 0 radical (unpaired) electrons. The van der Waals surface area contributed by atoms with Crippen LogP contribution in [0.4, 0.5) is 0 Å². The van der Waals surface area contributed by atoms with Crippen LogP contribution in [0.3, 0.4) is 0 Å². The van der Waals surface area contributed by atoms with Gasteiger partial charge in [-0.1, -0.05) is 29.8 Å². The van der Waals surface area contributed by atoms with Crippen molar-refractivity contribution in [3.63, 3.8) is 0 Å². The molecule has 9 heteroatoms. The van der Waals surface area contributed by atoms with Crippen molar-refractivity contribution < 1.29 is 9.21 Å². The van der Waals surface area contributed by atoms with Crippen LogP contribution >= 0.6 is 15.9 Å². The van der Waals surface area contributed by atoms with Gasteiger partial charge in [-0.05, 0) is 40.5 Å². The van der Waals surface area contributed by atoms with E-state index in [1.807, 2.05) is 31.2 Å². The molecule has 3 heterocycles. The van der Waals surface area contributed by atoms with Gasteiger partial charge < -0.3 is 9.73 Å². The predicted octanol–water partition coefficient (Wildman–Crippen LogP) is 2.74. The number of rotatable bonds is 6. The average Bonchev–Trinajstić information content (AvgIpc) is 3.32. The van der Waals surface area contributed by atoms with Crippen molar-refractivity contribution in [1.82, 2.24) is 24.6 Å². The molecule has 0 aliphatic heterocycles. The third kappa shape index (κ3) is 4.14. The number of halogens is 1. The third-order valence-corrected chi connectivity index (χ3v) is 4.93. The number of nitrogens with zero attached hydrogens (tertiary/aromatic N) is 4. The monoisotopic (exact) mass is 455 g/mol. The second kappa shape index (κ2) is 8.04. The number of carbonyl (C=O) groups is 1. The SMILES string of the molecule is Cc1ccc(Cn2cnc3c(cnn3CCNC(=O)c3ccc(Br)o3)c2=O)cc1. The summed E-state index contributed by atoms with van der Waals surface area (Å²) in [6.45, 7) is 3.17. The van der Waals surface area contributed by atoms with Crippen LogP contribution in [0, 0.1) is 6.92 Å². The molecule has 0 atom stereocenters. The van der Waals surface area contributed by atoms with Gasteiger partial charge in [0.05, 0.1) is 19.3 Å². The normalized spacial score (nSPS) is 11.1. The number of fused-ring (bicyclic) bond motifs is 1. The Morgan fingerprint density at radius 3 is 2.72 bits per heavy atom. The van der Waals surface area contributed by atoms with Gasteiger partial charge in [0.2, 0.25) is 0 Å². The highest BCUT2D eigenvalue weighted by atomic mass is 79.9. The van der Waals surface area contributed by atoms with Gasteiger partial charge in [-0.3, -0.25) is 14.2 Å². The Hall–Kier alpha value is -3.20. The molecule has 8 nitrogen and oxygen atoms in total. The zero-order chi connectivity index (χ0) is 20.4. The van der Waals surface area contributed by atoms with Crippen molar-refractivity contribution in [3.05, 3.63) is 80.8 Å². The van der Waals surface area contributed by atoms with Gasteiger partial charge in [-0.15, -0.1) is 0 Å². The van der Waals surface area contributed by atoms with Gasteiger partial charge in [-0.25, -0.2) is 9.67 Å². The fraction of sp³-hybridized carbons (Fsp3) is 0.200. The lowest BCUT2D eigenvalue weighted by molar-refractivity contribution is 0.0923. The number of furan rings is 1. The lowest BCUT2D eigenvalue weighted by Gasteiger charge is -2.07. The Kier molecular flexibility index (Phi) is 5.30. The van der Waals surface area contributed by atoms with Crippen LogP contribution in [0.15, 0.2) is 62.8 Å². The summed E-state index contributed by atoms with van der Waals surface area (Å²) >= 11 is 3.16. The first-order chi connectivity index (χ1) is 14.0. The summed E-state index contributed by atoms with van der Waals surface area (Å²) in [5, 5.41) is 7.45. The molecular formula is C20H18BrN5O3. The van der Waals surface area contributed by atoms with Crippen molar-refractivity contribution in [3.8, 4) is 0 Å². The van der Waals surface area contributed by atoms with E-state index in [-0.39, 0.29) is 17.2 Å². The van der Waals surface area contributed by atoms with Gasteiger partial charge in [0.15, 0.2) is 16.1 Å². The van der Waals surface area contributed by atoms with E-state index < -0.39 is 0 Å². The zero-order valence-corrected chi connectivity index (χ0v) is 17.2. The minimum Gasteiger partial charge on any atom is -0.444 e. The first kappa shape index (κ1) is 19.1. The van der Waals surface area contributed by atoms with Crippen molar-refractivity contribution in [2.24, 2.45) is 0 Å². The Bertz CT molecular complexity index is 1220. The van der Waals surface area contributed by atoms with Crippen molar-refractivity contribution >= 4 is 32.9 Å². The van der Waals surface area contributed by atoms with E-state index in [0.717, 1.165) is 5.56 Å². The van der Waals surface area contributed by atoms with Crippen LogP contribution in [0.1, 0.15) is 21.7 Å². The van der Waals surface area contributed by atoms with E-state index in [9.17, 15) is 9.59 Å². The zero-order valence-electron chi connectivity index (χ0n) is 15.6. The number of carbonyl (C=O) groups excluding carboxylic acids is 1. The van der Waals surface area contributed by atoms with E-state index in [0.29, 0.717) is 35.3 Å². The molecule has 0 bridgehead atoms. The fourth-order valence-corrected chi connectivity index (χ4v) is 3.27. The number of benzene rings is 1. The van der Waals surface area contributed by atoms with Crippen LogP contribution in [0.2, 0.25) is 0 Å². The highest BCUT2D eigenvalue weighted by Crippen LogP contribution is 2.13.